The van der Waals surface area contributed by atoms with E-state index >= 15 is 0 Å². The van der Waals surface area contributed by atoms with Gasteiger partial charge in [0.05, 0.1) is 38.1 Å². The lowest BCUT2D eigenvalue weighted by molar-refractivity contribution is -0.270. The molecular weight excluding hydrogens is 907 g/mol. The van der Waals surface area contributed by atoms with Gasteiger partial charge in [-0.05, 0) is 138 Å². The predicted octanol–water partition coefficient (Wildman–Crippen LogP) is 7.06. The number of alkyl halides is 6. The third-order valence-corrected chi connectivity index (χ3v) is 17.5. The third-order valence-electron chi connectivity index (χ3n) is 15.4. The van der Waals surface area contributed by atoms with Crippen LogP contribution >= 0.6 is 0 Å². The first-order valence-electron chi connectivity index (χ1n) is 22.9. The molecule has 2 amide bonds. The summed E-state index contributed by atoms with van der Waals surface area (Å²) in [5.41, 5.74) is -1.73. The molecule has 5 fully saturated rings. The van der Waals surface area contributed by atoms with E-state index in [1.54, 1.807) is 18.5 Å². The number of amides is 2. The number of aromatic nitrogens is 4. The number of nitrogens with zero attached hydrogens (tertiary/aromatic N) is 6. The van der Waals surface area contributed by atoms with E-state index < -0.39 is 75.0 Å². The zero-order valence-corrected chi connectivity index (χ0v) is 38.0. The number of sulfone groups is 1. The Morgan fingerprint density at radius 3 is 2.22 bits per heavy atom. The number of fused-ring (bicyclic) bond motifs is 1. The van der Waals surface area contributed by atoms with Gasteiger partial charge in [-0.1, -0.05) is 6.07 Å². The summed E-state index contributed by atoms with van der Waals surface area (Å²) in [6.07, 6.45) is -6.13. The average molecular weight is 961 g/mol. The van der Waals surface area contributed by atoms with Crippen LogP contribution in [0.5, 0.6) is 0 Å². The summed E-state index contributed by atoms with van der Waals surface area (Å²) in [4.78, 5) is 50.8. The Bertz CT molecular complexity index is 2740. The molecule has 2 aromatic carbocycles. The van der Waals surface area contributed by atoms with Crippen LogP contribution in [0, 0.1) is 18.3 Å². The number of nitrogens with one attached hydrogen (secondary N) is 2. The van der Waals surface area contributed by atoms with E-state index in [2.05, 4.69) is 30.4 Å². The maximum Gasteiger partial charge on any atom is 0.419 e. The molecule has 2 saturated carbocycles. The zero-order chi connectivity index (χ0) is 47.8. The summed E-state index contributed by atoms with van der Waals surface area (Å²) >= 11 is 0. The normalized spacial score (nSPS) is 24.8. The van der Waals surface area contributed by atoms with Gasteiger partial charge in [-0.15, -0.1) is 0 Å². The number of likely N-dealkylation sites (tertiary alicyclic amines) is 1. The molecule has 14 nitrogen and oxygen atoms in total. The van der Waals surface area contributed by atoms with Crippen molar-refractivity contribution < 1.29 is 49.5 Å². The first kappa shape index (κ1) is 47.1. The molecule has 5 heterocycles. The molecule has 362 valence electrons. The summed E-state index contributed by atoms with van der Waals surface area (Å²) in [7, 11) is -1.98. The minimum atomic E-state index is -4.91. The van der Waals surface area contributed by atoms with Crippen LogP contribution in [0.1, 0.15) is 106 Å². The van der Waals surface area contributed by atoms with Crippen molar-refractivity contribution >= 4 is 50.0 Å². The highest BCUT2D eigenvalue weighted by Crippen LogP contribution is 2.53. The van der Waals surface area contributed by atoms with Gasteiger partial charge in [0.2, 0.25) is 17.8 Å². The van der Waals surface area contributed by atoms with Gasteiger partial charge in [0.15, 0.2) is 15.4 Å². The van der Waals surface area contributed by atoms with Crippen molar-refractivity contribution in [2.75, 3.05) is 42.9 Å². The number of para-hydroxylation sites is 1. The van der Waals surface area contributed by atoms with Crippen molar-refractivity contribution in [3.8, 4) is 0 Å². The summed E-state index contributed by atoms with van der Waals surface area (Å²) < 4.78 is 113. The molecule has 0 bridgehead atoms. The Hall–Kier alpha value is -5.02. The van der Waals surface area contributed by atoms with E-state index in [0.717, 1.165) is 69.6 Å². The molecule has 4 aromatic rings. The number of carbonyl (C=O) groups is 2. The van der Waals surface area contributed by atoms with Crippen LogP contribution in [-0.2, 0) is 32.7 Å². The van der Waals surface area contributed by atoms with Crippen molar-refractivity contribution in [3.05, 3.63) is 69.9 Å². The Morgan fingerprint density at radius 1 is 0.910 bits per heavy atom. The van der Waals surface area contributed by atoms with Gasteiger partial charge in [0.25, 0.3) is 0 Å². The number of imidazole rings is 1. The van der Waals surface area contributed by atoms with Crippen LogP contribution < -0.4 is 21.2 Å². The summed E-state index contributed by atoms with van der Waals surface area (Å²) in [6, 6.07) is 9.48. The van der Waals surface area contributed by atoms with Crippen LogP contribution in [0.2, 0.25) is 0 Å². The van der Waals surface area contributed by atoms with Crippen LogP contribution in [0.25, 0.3) is 11.0 Å². The number of hydrogen-bond donors (Lipinski definition) is 3. The van der Waals surface area contributed by atoms with Crippen LogP contribution in [0.4, 0.5) is 43.7 Å². The molecule has 1 spiro atoms. The number of anilines is 3. The van der Waals surface area contributed by atoms with E-state index in [4.69, 9.17) is 0 Å². The molecule has 1 unspecified atom stereocenters. The molecule has 9 rings (SSSR count). The molecule has 21 heteroatoms. The van der Waals surface area contributed by atoms with Gasteiger partial charge in [0, 0.05) is 50.9 Å². The van der Waals surface area contributed by atoms with E-state index in [1.807, 2.05) is 18.2 Å². The fourth-order valence-corrected chi connectivity index (χ4v) is 13.4. The largest absolute Gasteiger partial charge is 0.419 e. The topological polar surface area (TPSA) is 172 Å². The van der Waals surface area contributed by atoms with Crippen molar-refractivity contribution in [2.24, 2.45) is 18.4 Å². The fraction of sp³-hybridized carbons (Fsp3) is 0.587. The summed E-state index contributed by atoms with van der Waals surface area (Å²) in [5.74, 6) is -1.54. The van der Waals surface area contributed by atoms with E-state index in [-0.39, 0.29) is 53.5 Å². The van der Waals surface area contributed by atoms with Gasteiger partial charge >= 0.3 is 18.0 Å². The first-order valence-corrected chi connectivity index (χ1v) is 24.5. The lowest BCUT2D eigenvalue weighted by Crippen LogP contribution is -2.52. The number of halogens is 6. The lowest BCUT2D eigenvalue weighted by Gasteiger charge is -2.52. The molecule has 2 aromatic heterocycles. The molecule has 3 saturated heterocycles. The van der Waals surface area contributed by atoms with E-state index in [0.29, 0.717) is 41.7 Å². The standard InChI is InChI=1S/C46H54F6N8O6S/c1-27-22-30(6-7-33(27)54-41-53-25-32(45(47,48)49)38(56-41)29-10-14-44(64,15-11-29)46(50,51)52)67(65,66)31-23-43(24-31)16-20-58(21-17-43)26-28-12-18-59(19-13-28)34-4-3-5-35-39(34)57(2)42(63)60(35)36-8-9-37(61)55-40(36)62/h3-7,22,25,28-29,31,36,64H,8-21,23-24,26H2,1-2H3,(H,53,54,56)(H,55,61,62). The molecule has 3 N–H and O–H groups in total. The van der Waals surface area contributed by atoms with Crippen LogP contribution in [-0.4, -0.2) is 99.1 Å². The average Bonchev–Trinajstić information content (AvgIpc) is 3.52. The minimum Gasteiger partial charge on any atom is -0.380 e. The maximum absolute atomic E-state index is 14.0. The third kappa shape index (κ3) is 8.83. The van der Waals surface area contributed by atoms with Gasteiger partial charge in [-0.3, -0.25) is 24.0 Å². The number of hydrogen-bond acceptors (Lipinski definition) is 11. The smallest absolute Gasteiger partial charge is 0.380 e. The number of benzene rings is 2. The number of piperidine rings is 3. The van der Waals surface area contributed by atoms with Gasteiger partial charge in [-0.2, -0.15) is 26.3 Å². The zero-order valence-electron chi connectivity index (χ0n) is 37.2. The van der Waals surface area contributed by atoms with E-state index in [9.17, 15) is 54.3 Å². The predicted molar refractivity (Wildman–Crippen MR) is 236 cm³/mol. The second-order valence-electron chi connectivity index (χ2n) is 19.5. The van der Waals surface area contributed by atoms with Gasteiger partial charge < -0.3 is 20.2 Å². The van der Waals surface area contributed by atoms with Crippen molar-refractivity contribution in [1.29, 1.82) is 0 Å². The van der Waals surface area contributed by atoms with Crippen LogP contribution in [0.15, 0.2) is 52.3 Å². The molecule has 1 atom stereocenters. The summed E-state index contributed by atoms with van der Waals surface area (Å²) in [5, 5.41) is 14.8. The Labute approximate surface area is 383 Å². The first-order chi connectivity index (χ1) is 31.6. The SMILES string of the molecule is Cc1cc(S(=O)(=O)C2CC3(CCN(CC4CCN(c5cccc6c5n(C)c(=O)n6C5CCC(=O)NC5=O)CC4)CC3)C2)ccc1Nc1ncc(C(F)(F)F)c(C2CCC(O)(C(F)(F)F)CC2)n1. The lowest BCUT2D eigenvalue weighted by atomic mass is 9.63. The van der Waals surface area contributed by atoms with Gasteiger partial charge in [-0.25, -0.2) is 23.2 Å². The highest BCUT2D eigenvalue weighted by atomic mass is 32.2. The number of carbonyl (C=O) groups excluding carboxylic acids is 2. The second kappa shape index (κ2) is 17.2. The minimum absolute atomic E-state index is 0.0472. The number of aryl methyl sites for hydroxylation is 2. The molecule has 67 heavy (non-hydrogen) atoms. The Balaban J connectivity index is 0.775. The Kier molecular flexibility index (Phi) is 12.1. The summed E-state index contributed by atoms with van der Waals surface area (Å²) in [6.45, 7) is 5.98. The van der Waals surface area contributed by atoms with Crippen molar-refractivity contribution in [1.82, 2.24) is 29.3 Å². The maximum atomic E-state index is 14.0. The van der Waals surface area contributed by atoms with Crippen LogP contribution in [0.3, 0.4) is 0 Å². The quantitative estimate of drug-likeness (QED) is 0.116. The highest BCUT2D eigenvalue weighted by Gasteiger charge is 2.55. The molecular formula is C46H54F6N8O6S. The molecule has 0 radical (unpaired) electrons. The molecule has 2 aliphatic carbocycles. The monoisotopic (exact) mass is 960 g/mol. The van der Waals surface area contributed by atoms with Gasteiger partial charge in [0.1, 0.15) is 6.04 Å². The van der Waals surface area contributed by atoms with Crippen molar-refractivity contribution in [3.63, 3.8) is 0 Å². The Morgan fingerprint density at radius 2 is 1.60 bits per heavy atom. The van der Waals surface area contributed by atoms with Crippen molar-refractivity contribution in [2.45, 2.75) is 124 Å². The number of aliphatic hydroxyl groups is 1. The number of imide groups is 1. The highest BCUT2D eigenvalue weighted by molar-refractivity contribution is 7.92. The molecule has 3 aliphatic heterocycles. The number of rotatable bonds is 9. The molecule has 5 aliphatic rings. The fourth-order valence-electron chi connectivity index (χ4n) is 11.3. The second-order valence-corrected chi connectivity index (χ2v) is 21.8. The van der Waals surface area contributed by atoms with E-state index in [1.165, 1.54) is 22.8 Å².